The summed E-state index contributed by atoms with van der Waals surface area (Å²) in [5.74, 6) is 0.731. The molecular formula is C20H32ClNO2. The standard InChI is InChI=1S/C20H31NO2.ClH/c1-2-3-5-9-18-12-15-21(16-13-18)14-8-17-23-20(22)19-10-6-4-7-11-19;/h4,6-7,10-11,18H,2-3,5,8-9,12-17H2,1H3;1H. The molecule has 1 saturated heterocycles. The van der Waals surface area contributed by atoms with Crippen molar-refractivity contribution in [1.82, 2.24) is 4.90 Å². The summed E-state index contributed by atoms with van der Waals surface area (Å²) in [5.41, 5.74) is 0.639. The molecule has 136 valence electrons. The van der Waals surface area contributed by atoms with Crippen LogP contribution in [0.15, 0.2) is 30.3 Å². The molecule has 0 aromatic heterocycles. The van der Waals surface area contributed by atoms with E-state index < -0.39 is 0 Å². The normalized spacial score (nSPS) is 15.7. The molecule has 1 aromatic rings. The molecule has 3 nitrogen and oxygen atoms in total. The van der Waals surface area contributed by atoms with Gasteiger partial charge in [0.15, 0.2) is 0 Å². The van der Waals surface area contributed by atoms with Gasteiger partial charge >= 0.3 is 5.97 Å². The van der Waals surface area contributed by atoms with Crippen LogP contribution in [0.4, 0.5) is 0 Å². The van der Waals surface area contributed by atoms with Crippen molar-refractivity contribution in [1.29, 1.82) is 0 Å². The summed E-state index contributed by atoms with van der Waals surface area (Å²) in [6, 6.07) is 9.22. The molecule has 0 bridgehead atoms. The van der Waals surface area contributed by atoms with E-state index in [0.29, 0.717) is 12.2 Å². The van der Waals surface area contributed by atoms with E-state index in [4.69, 9.17) is 4.74 Å². The Morgan fingerprint density at radius 2 is 1.83 bits per heavy atom. The van der Waals surface area contributed by atoms with Crippen LogP contribution >= 0.6 is 12.4 Å². The van der Waals surface area contributed by atoms with Gasteiger partial charge in [-0.05, 0) is 50.4 Å². The molecule has 4 heteroatoms. The van der Waals surface area contributed by atoms with Gasteiger partial charge in [-0.15, -0.1) is 12.4 Å². The number of carbonyl (C=O) groups is 1. The van der Waals surface area contributed by atoms with Crippen molar-refractivity contribution in [2.24, 2.45) is 5.92 Å². The molecule has 2 rings (SSSR count). The van der Waals surface area contributed by atoms with Gasteiger partial charge < -0.3 is 9.64 Å². The van der Waals surface area contributed by atoms with Crippen LogP contribution in [0.5, 0.6) is 0 Å². The van der Waals surface area contributed by atoms with Gasteiger partial charge in [-0.1, -0.05) is 50.8 Å². The molecule has 0 saturated carbocycles. The highest BCUT2D eigenvalue weighted by molar-refractivity contribution is 5.89. The first-order valence-electron chi connectivity index (χ1n) is 9.24. The number of unbranched alkanes of at least 4 members (excludes halogenated alkanes) is 2. The van der Waals surface area contributed by atoms with Gasteiger partial charge in [0.05, 0.1) is 12.2 Å². The Labute approximate surface area is 153 Å². The Hall–Kier alpha value is -1.06. The van der Waals surface area contributed by atoms with Crippen molar-refractivity contribution >= 4 is 18.4 Å². The summed E-state index contributed by atoms with van der Waals surface area (Å²) in [6.45, 7) is 6.26. The van der Waals surface area contributed by atoms with E-state index >= 15 is 0 Å². The maximum absolute atomic E-state index is 11.8. The second-order valence-corrected chi connectivity index (χ2v) is 6.64. The first-order chi connectivity index (χ1) is 11.3. The summed E-state index contributed by atoms with van der Waals surface area (Å²) in [4.78, 5) is 14.3. The average Bonchev–Trinajstić information content (AvgIpc) is 2.61. The fraction of sp³-hybridized carbons (Fsp3) is 0.650. The fourth-order valence-electron chi connectivity index (χ4n) is 3.29. The topological polar surface area (TPSA) is 29.5 Å². The molecule has 1 aromatic carbocycles. The summed E-state index contributed by atoms with van der Waals surface area (Å²) in [5, 5.41) is 0. The minimum absolute atomic E-state index is 0. The van der Waals surface area contributed by atoms with Crippen molar-refractivity contribution in [3.05, 3.63) is 35.9 Å². The van der Waals surface area contributed by atoms with Gasteiger partial charge in [-0.25, -0.2) is 4.79 Å². The van der Waals surface area contributed by atoms with E-state index in [1.165, 1.54) is 51.6 Å². The lowest BCUT2D eigenvalue weighted by molar-refractivity contribution is 0.0482. The van der Waals surface area contributed by atoms with E-state index in [9.17, 15) is 4.79 Å². The Balaban J connectivity index is 0.00000288. The van der Waals surface area contributed by atoms with Crippen LogP contribution in [0.2, 0.25) is 0 Å². The third-order valence-corrected chi connectivity index (χ3v) is 4.78. The van der Waals surface area contributed by atoms with Crippen LogP contribution in [0.25, 0.3) is 0 Å². The summed E-state index contributed by atoms with van der Waals surface area (Å²) in [7, 11) is 0. The van der Waals surface area contributed by atoms with Crippen LogP contribution in [0.1, 0.15) is 62.2 Å². The third-order valence-electron chi connectivity index (χ3n) is 4.78. The molecule has 0 spiro atoms. The first-order valence-corrected chi connectivity index (χ1v) is 9.24. The zero-order valence-electron chi connectivity index (χ0n) is 14.9. The third kappa shape index (κ3) is 7.67. The van der Waals surface area contributed by atoms with E-state index in [2.05, 4.69) is 11.8 Å². The summed E-state index contributed by atoms with van der Waals surface area (Å²) >= 11 is 0. The van der Waals surface area contributed by atoms with Crippen molar-refractivity contribution < 1.29 is 9.53 Å². The number of ether oxygens (including phenoxy) is 1. The second-order valence-electron chi connectivity index (χ2n) is 6.64. The van der Waals surface area contributed by atoms with Crippen LogP contribution < -0.4 is 0 Å². The molecule has 1 fully saturated rings. The van der Waals surface area contributed by atoms with Crippen molar-refractivity contribution in [2.75, 3.05) is 26.2 Å². The fourth-order valence-corrected chi connectivity index (χ4v) is 3.29. The van der Waals surface area contributed by atoms with E-state index in [0.717, 1.165) is 18.9 Å². The van der Waals surface area contributed by atoms with Crippen molar-refractivity contribution in [3.63, 3.8) is 0 Å². The van der Waals surface area contributed by atoms with Crippen LogP contribution in [0.3, 0.4) is 0 Å². The molecule has 0 N–H and O–H groups in total. The number of carbonyl (C=O) groups excluding carboxylic acids is 1. The minimum atomic E-state index is -0.208. The van der Waals surface area contributed by atoms with E-state index in [-0.39, 0.29) is 18.4 Å². The number of halogens is 1. The summed E-state index contributed by atoms with van der Waals surface area (Å²) < 4.78 is 5.34. The molecular weight excluding hydrogens is 322 g/mol. The zero-order valence-corrected chi connectivity index (χ0v) is 15.7. The number of esters is 1. The van der Waals surface area contributed by atoms with Gasteiger partial charge in [0, 0.05) is 6.54 Å². The number of likely N-dealkylation sites (tertiary alicyclic amines) is 1. The van der Waals surface area contributed by atoms with Crippen LogP contribution in [-0.4, -0.2) is 37.1 Å². The molecule has 1 aliphatic rings. The number of rotatable bonds is 9. The van der Waals surface area contributed by atoms with Gasteiger partial charge in [-0.3, -0.25) is 0 Å². The number of nitrogens with zero attached hydrogens (tertiary/aromatic N) is 1. The number of hydrogen-bond acceptors (Lipinski definition) is 3. The lowest BCUT2D eigenvalue weighted by atomic mass is 9.91. The highest BCUT2D eigenvalue weighted by Crippen LogP contribution is 2.22. The zero-order chi connectivity index (χ0) is 16.3. The number of benzene rings is 1. The second kappa shape index (κ2) is 12.3. The van der Waals surface area contributed by atoms with Gasteiger partial charge in [-0.2, -0.15) is 0 Å². The quantitative estimate of drug-likeness (QED) is 0.464. The van der Waals surface area contributed by atoms with Crippen molar-refractivity contribution in [2.45, 2.75) is 51.9 Å². The Morgan fingerprint density at radius 3 is 2.50 bits per heavy atom. The number of hydrogen-bond donors (Lipinski definition) is 0. The predicted molar refractivity (Wildman–Crippen MR) is 102 cm³/mol. The molecule has 0 amide bonds. The smallest absolute Gasteiger partial charge is 0.338 e. The van der Waals surface area contributed by atoms with Gasteiger partial charge in [0.2, 0.25) is 0 Å². The minimum Gasteiger partial charge on any atom is -0.462 e. The SMILES string of the molecule is CCCCCC1CCN(CCCOC(=O)c2ccccc2)CC1.Cl. The lowest BCUT2D eigenvalue weighted by Gasteiger charge is -2.31. The highest BCUT2D eigenvalue weighted by Gasteiger charge is 2.18. The molecule has 0 unspecified atom stereocenters. The Morgan fingerprint density at radius 1 is 1.12 bits per heavy atom. The molecule has 1 aliphatic heterocycles. The Kier molecular flexibility index (Phi) is 10.8. The molecule has 24 heavy (non-hydrogen) atoms. The molecule has 0 atom stereocenters. The van der Waals surface area contributed by atoms with Gasteiger partial charge in [0.25, 0.3) is 0 Å². The monoisotopic (exact) mass is 353 g/mol. The largest absolute Gasteiger partial charge is 0.462 e. The molecule has 0 radical (unpaired) electrons. The average molecular weight is 354 g/mol. The predicted octanol–water partition coefficient (Wildman–Crippen LogP) is 4.95. The van der Waals surface area contributed by atoms with Gasteiger partial charge in [0.1, 0.15) is 0 Å². The van der Waals surface area contributed by atoms with Crippen molar-refractivity contribution in [3.8, 4) is 0 Å². The maximum Gasteiger partial charge on any atom is 0.338 e. The summed E-state index contributed by atoms with van der Waals surface area (Å²) in [6.07, 6.45) is 9.13. The highest BCUT2D eigenvalue weighted by atomic mass is 35.5. The van der Waals surface area contributed by atoms with E-state index in [1.807, 2.05) is 18.2 Å². The lowest BCUT2D eigenvalue weighted by Crippen LogP contribution is -2.34. The van der Waals surface area contributed by atoms with E-state index in [1.54, 1.807) is 12.1 Å². The van der Waals surface area contributed by atoms with Crippen LogP contribution in [0, 0.1) is 5.92 Å². The van der Waals surface area contributed by atoms with Crippen LogP contribution in [-0.2, 0) is 4.74 Å². The molecule has 1 heterocycles. The number of piperidine rings is 1. The first kappa shape index (κ1) is 21.0. The Bertz CT molecular complexity index is 444. The maximum atomic E-state index is 11.8. The molecule has 0 aliphatic carbocycles.